The number of rotatable bonds is 10. The van der Waals surface area contributed by atoms with E-state index in [-0.39, 0.29) is 23.2 Å². The van der Waals surface area contributed by atoms with Gasteiger partial charge in [-0.1, -0.05) is 18.2 Å². The monoisotopic (exact) mass is 759 g/mol. The first-order valence-corrected chi connectivity index (χ1v) is 19.4. The standard InChI is InChI=1S/C40H46FN5O7S/c1-23-35(24(2)46(43-23)20-25-11-10-12-28(41)17-25)31-21-45(38(48)53-40(6,7)8)37-30(31)19-29(36(42-37)26-13-14-26)27-15-16-33(51-9)32(18-27)44-54(49,50)22-34(47)52-39(3,4)5/h10-12,15-19,21,26,44H,13-14,20,22H2,1-9H3. The lowest BCUT2D eigenvalue weighted by atomic mass is 9.97. The molecule has 6 rings (SSSR count). The summed E-state index contributed by atoms with van der Waals surface area (Å²) in [6.45, 7) is 14.5. The number of nitrogens with zero attached hydrogens (tertiary/aromatic N) is 4. The molecule has 54 heavy (non-hydrogen) atoms. The molecule has 1 N–H and O–H groups in total. The minimum Gasteiger partial charge on any atom is -0.495 e. The summed E-state index contributed by atoms with van der Waals surface area (Å²) in [7, 11) is -2.76. The number of aromatic nitrogens is 4. The topological polar surface area (TPSA) is 144 Å². The molecule has 14 heteroatoms. The van der Waals surface area contributed by atoms with E-state index in [1.165, 1.54) is 23.8 Å². The first kappa shape index (κ1) is 38.5. The molecule has 0 spiro atoms. The molecule has 286 valence electrons. The van der Waals surface area contributed by atoms with Crippen molar-refractivity contribution >= 4 is 38.8 Å². The molecule has 1 aliphatic rings. The summed E-state index contributed by atoms with van der Waals surface area (Å²) in [5.41, 5.74) is 4.79. The maximum Gasteiger partial charge on any atom is 0.420 e. The molecular weight excluding hydrogens is 714 g/mol. The average Bonchev–Trinajstić information content (AvgIpc) is 3.77. The zero-order valence-electron chi connectivity index (χ0n) is 32.0. The molecule has 1 saturated carbocycles. The van der Waals surface area contributed by atoms with E-state index < -0.39 is 39.0 Å². The van der Waals surface area contributed by atoms with Crippen LogP contribution in [0.1, 0.15) is 82.9 Å². The van der Waals surface area contributed by atoms with Crippen molar-refractivity contribution in [1.29, 1.82) is 0 Å². The summed E-state index contributed by atoms with van der Waals surface area (Å²) in [5, 5.41) is 5.46. The van der Waals surface area contributed by atoms with E-state index in [1.807, 2.05) is 36.7 Å². The molecule has 0 atom stereocenters. The minimum absolute atomic E-state index is 0.113. The molecule has 0 aliphatic heterocycles. The van der Waals surface area contributed by atoms with E-state index >= 15 is 0 Å². The van der Waals surface area contributed by atoms with Crippen LogP contribution in [0.2, 0.25) is 0 Å². The lowest BCUT2D eigenvalue weighted by Crippen LogP contribution is -2.30. The molecule has 0 bridgehead atoms. The lowest BCUT2D eigenvalue weighted by molar-refractivity contribution is -0.151. The zero-order chi connectivity index (χ0) is 39.3. The number of esters is 1. The Labute approximate surface area is 314 Å². The number of carbonyl (C=O) groups excluding carboxylic acids is 2. The summed E-state index contributed by atoms with van der Waals surface area (Å²) in [6, 6.07) is 13.5. The normalized spacial score (nSPS) is 13.6. The number of nitrogens with one attached hydrogen (secondary N) is 1. The smallest absolute Gasteiger partial charge is 0.420 e. The van der Waals surface area contributed by atoms with Crippen molar-refractivity contribution in [2.75, 3.05) is 17.6 Å². The van der Waals surface area contributed by atoms with Crippen molar-refractivity contribution < 1.29 is 36.6 Å². The van der Waals surface area contributed by atoms with Gasteiger partial charge >= 0.3 is 12.1 Å². The van der Waals surface area contributed by atoms with Crippen molar-refractivity contribution in [3.05, 3.63) is 83.2 Å². The third kappa shape index (κ3) is 8.59. The molecular formula is C40H46FN5O7S. The van der Waals surface area contributed by atoms with Crippen LogP contribution in [-0.2, 0) is 30.8 Å². The van der Waals surface area contributed by atoms with Gasteiger partial charge in [-0.3, -0.25) is 14.2 Å². The van der Waals surface area contributed by atoms with Crippen LogP contribution in [0.15, 0.2) is 54.7 Å². The lowest BCUT2D eigenvalue weighted by Gasteiger charge is -2.20. The predicted molar refractivity (Wildman–Crippen MR) is 205 cm³/mol. The number of hydrogen-bond donors (Lipinski definition) is 1. The van der Waals surface area contributed by atoms with Crippen LogP contribution in [0.3, 0.4) is 0 Å². The third-order valence-corrected chi connectivity index (χ3v) is 9.89. The van der Waals surface area contributed by atoms with Crippen LogP contribution in [-0.4, -0.2) is 63.9 Å². The Morgan fingerprint density at radius 3 is 2.30 bits per heavy atom. The molecule has 12 nitrogen and oxygen atoms in total. The van der Waals surface area contributed by atoms with Crippen molar-refractivity contribution in [3.63, 3.8) is 0 Å². The summed E-state index contributed by atoms with van der Waals surface area (Å²) in [5.74, 6) is -1.74. The van der Waals surface area contributed by atoms with E-state index in [0.29, 0.717) is 34.4 Å². The van der Waals surface area contributed by atoms with Gasteiger partial charge in [0.15, 0.2) is 5.75 Å². The van der Waals surface area contributed by atoms with Crippen molar-refractivity contribution in [3.8, 4) is 28.0 Å². The average molecular weight is 760 g/mol. The molecule has 5 aromatic rings. The third-order valence-electron chi connectivity index (χ3n) is 8.74. The SMILES string of the molecule is COc1ccc(-c2cc3c(-c4c(C)nn(Cc5cccc(F)c5)c4C)cn(C(=O)OC(C)(C)C)c3nc2C2CC2)cc1NS(=O)(=O)CC(=O)OC(C)(C)C. The first-order chi connectivity index (χ1) is 25.2. The first-order valence-electron chi connectivity index (χ1n) is 17.7. The van der Waals surface area contributed by atoms with Crippen LogP contribution >= 0.6 is 0 Å². The number of carbonyl (C=O) groups is 2. The number of ether oxygens (including phenoxy) is 3. The predicted octanol–water partition coefficient (Wildman–Crippen LogP) is 8.12. The summed E-state index contributed by atoms with van der Waals surface area (Å²) in [6.07, 6.45) is 2.92. The maximum absolute atomic E-state index is 14.1. The quantitative estimate of drug-likeness (QED) is 0.140. The number of anilines is 1. The fourth-order valence-electron chi connectivity index (χ4n) is 6.44. The summed E-state index contributed by atoms with van der Waals surface area (Å²) >= 11 is 0. The summed E-state index contributed by atoms with van der Waals surface area (Å²) < 4.78 is 62.8. The van der Waals surface area contributed by atoms with E-state index in [0.717, 1.165) is 40.9 Å². The van der Waals surface area contributed by atoms with Crippen LogP contribution in [0.25, 0.3) is 33.3 Å². The second kappa shape index (κ2) is 14.2. The van der Waals surface area contributed by atoms with Gasteiger partial charge in [-0.15, -0.1) is 0 Å². The van der Waals surface area contributed by atoms with Crippen LogP contribution in [0.4, 0.5) is 14.9 Å². The van der Waals surface area contributed by atoms with Crippen LogP contribution in [0.5, 0.6) is 5.75 Å². The molecule has 1 fully saturated rings. The number of aryl methyl sites for hydroxylation is 1. The highest BCUT2D eigenvalue weighted by Crippen LogP contribution is 2.47. The highest BCUT2D eigenvalue weighted by Gasteiger charge is 2.32. The molecule has 3 heterocycles. The number of hydrogen-bond acceptors (Lipinski definition) is 9. The Bertz CT molecular complexity index is 2380. The molecule has 1 aliphatic carbocycles. The van der Waals surface area contributed by atoms with Crippen molar-refractivity contribution in [1.82, 2.24) is 19.3 Å². The molecule has 3 aromatic heterocycles. The van der Waals surface area contributed by atoms with E-state index in [2.05, 4.69) is 4.72 Å². The van der Waals surface area contributed by atoms with Gasteiger partial charge in [0.1, 0.15) is 28.4 Å². The molecule has 0 saturated heterocycles. The Kier molecular flexibility index (Phi) is 10.1. The Balaban J connectivity index is 1.50. The van der Waals surface area contributed by atoms with Crippen molar-refractivity contribution in [2.24, 2.45) is 0 Å². The maximum atomic E-state index is 14.1. The van der Waals surface area contributed by atoms with E-state index in [4.69, 9.17) is 24.3 Å². The van der Waals surface area contributed by atoms with Gasteiger partial charge in [-0.05, 0) is 110 Å². The van der Waals surface area contributed by atoms with Gasteiger partial charge in [0, 0.05) is 39.9 Å². The van der Waals surface area contributed by atoms with Gasteiger partial charge in [0.25, 0.3) is 0 Å². The van der Waals surface area contributed by atoms with Gasteiger partial charge in [0.05, 0.1) is 30.7 Å². The van der Waals surface area contributed by atoms with Gasteiger partial charge in [-0.2, -0.15) is 5.10 Å². The molecule has 0 radical (unpaired) electrons. The number of benzene rings is 2. The van der Waals surface area contributed by atoms with Crippen molar-refractivity contribution in [2.45, 2.75) is 91.9 Å². The molecule has 0 amide bonds. The Hall–Kier alpha value is -5.24. The highest BCUT2D eigenvalue weighted by molar-refractivity contribution is 7.93. The number of pyridine rings is 1. The number of fused-ring (bicyclic) bond motifs is 1. The Morgan fingerprint density at radius 2 is 1.67 bits per heavy atom. The van der Waals surface area contributed by atoms with Gasteiger partial charge < -0.3 is 14.2 Å². The second-order valence-electron chi connectivity index (χ2n) is 15.7. The van der Waals surface area contributed by atoms with E-state index in [1.54, 1.807) is 65.9 Å². The summed E-state index contributed by atoms with van der Waals surface area (Å²) in [4.78, 5) is 31.3. The Morgan fingerprint density at radius 1 is 0.963 bits per heavy atom. The highest BCUT2D eigenvalue weighted by atomic mass is 32.2. The minimum atomic E-state index is -4.19. The largest absolute Gasteiger partial charge is 0.495 e. The fourth-order valence-corrected chi connectivity index (χ4v) is 7.38. The number of sulfonamides is 1. The van der Waals surface area contributed by atoms with Gasteiger partial charge in [-0.25, -0.2) is 27.2 Å². The second-order valence-corrected chi connectivity index (χ2v) is 17.4. The van der Waals surface area contributed by atoms with Crippen LogP contribution in [0, 0.1) is 19.7 Å². The van der Waals surface area contributed by atoms with Gasteiger partial charge in [0.2, 0.25) is 10.0 Å². The zero-order valence-corrected chi connectivity index (χ0v) is 32.9. The molecule has 2 aromatic carbocycles. The fraction of sp³-hybridized carbons (Fsp3) is 0.400. The number of halogens is 1. The van der Waals surface area contributed by atoms with E-state index in [9.17, 15) is 22.4 Å². The number of methoxy groups -OCH3 is 1. The van der Waals surface area contributed by atoms with Crippen LogP contribution < -0.4 is 9.46 Å². The molecule has 0 unspecified atom stereocenters.